The van der Waals surface area contributed by atoms with Crippen molar-refractivity contribution < 1.29 is 18.7 Å². The van der Waals surface area contributed by atoms with Crippen molar-refractivity contribution in [3.8, 4) is 11.4 Å². The second-order valence-electron chi connectivity index (χ2n) is 7.44. The number of carbonyl (C=O) groups excluding carboxylic acids is 1. The van der Waals surface area contributed by atoms with Crippen LogP contribution in [0.15, 0.2) is 21.9 Å². The van der Waals surface area contributed by atoms with Crippen LogP contribution >= 0.6 is 11.8 Å². The van der Waals surface area contributed by atoms with Crippen LogP contribution in [0.25, 0.3) is 11.4 Å². The molecule has 0 atom stereocenters. The van der Waals surface area contributed by atoms with Crippen molar-refractivity contribution in [3.63, 3.8) is 0 Å². The third-order valence-electron chi connectivity index (χ3n) is 5.46. The van der Waals surface area contributed by atoms with Crippen molar-refractivity contribution in [1.29, 1.82) is 0 Å². The first-order valence-electron chi connectivity index (χ1n) is 10.5. The lowest BCUT2D eigenvalue weighted by molar-refractivity contribution is -0.132. The normalized spacial score (nSPS) is 18.1. The summed E-state index contributed by atoms with van der Waals surface area (Å²) in [6, 6.07) is 1.92. The molecule has 4 rings (SSSR count). The van der Waals surface area contributed by atoms with E-state index >= 15 is 0 Å². The van der Waals surface area contributed by atoms with E-state index in [-0.39, 0.29) is 5.91 Å². The summed E-state index contributed by atoms with van der Waals surface area (Å²) in [5.41, 5.74) is 0.945. The smallest absolute Gasteiger partial charge is 0.233 e. The van der Waals surface area contributed by atoms with Crippen molar-refractivity contribution in [2.24, 2.45) is 0 Å². The molecule has 0 N–H and O–H groups in total. The molecule has 2 saturated heterocycles. The highest BCUT2D eigenvalue weighted by Gasteiger charge is 2.21. The van der Waals surface area contributed by atoms with Crippen LogP contribution in [0.4, 0.5) is 0 Å². The van der Waals surface area contributed by atoms with Crippen molar-refractivity contribution in [2.45, 2.75) is 25.0 Å². The molecule has 0 bridgehead atoms. The molecule has 0 spiro atoms. The van der Waals surface area contributed by atoms with Crippen molar-refractivity contribution in [1.82, 2.24) is 24.6 Å². The Labute approximate surface area is 180 Å². The predicted octanol–water partition coefficient (Wildman–Crippen LogP) is 1.52. The Morgan fingerprint density at radius 1 is 1.07 bits per heavy atom. The van der Waals surface area contributed by atoms with Gasteiger partial charge in [0.25, 0.3) is 0 Å². The van der Waals surface area contributed by atoms with Gasteiger partial charge in [0.05, 0.1) is 44.0 Å². The third-order valence-corrected chi connectivity index (χ3v) is 6.42. The van der Waals surface area contributed by atoms with Gasteiger partial charge < -0.3 is 23.4 Å². The Hall–Kier alpha value is -1.88. The summed E-state index contributed by atoms with van der Waals surface area (Å²) in [6.45, 7) is 9.81. The predicted molar refractivity (Wildman–Crippen MR) is 112 cm³/mol. The molecule has 10 heteroatoms. The van der Waals surface area contributed by atoms with E-state index in [0.29, 0.717) is 32.1 Å². The number of amides is 1. The average Bonchev–Trinajstić information content (AvgIpc) is 3.39. The lowest BCUT2D eigenvalue weighted by Crippen LogP contribution is -2.41. The minimum atomic E-state index is 0.118. The molecule has 4 heterocycles. The summed E-state index contributed by atoms with van der Waals surface area (Å²) < 4.78 is 18.4. The van der Waals surface area contributed by atoms with Crippen molar-refractivity contribution in [3.05, 3.63) is 18.1 Å². The van der Waals surface area contributed by atoms with E-state index < -0.39 is 0 Å². The van der Waals surface area contributed by atoms with Crippen LogP contribution in [0.1, 0.15) is 12.2 Å². The van der Waals surface area contributed by atoms with Crippen LogP contribution in [0, 0.1) is 6.92 Å². The highest BCUT2D eigenvalue weighted by Crippen LogP contribution is 2.27. The number of carbonyl (C=O) groups is 1. The number of thioether (sulfide) groups is 1. The number of hydrogen-bond acceptors (Lipinski definition) is 8. The zero-order chi connectivity index (χ0) is 20.8. The molecule has 30 heavy (non-hydrogen) atoms. The molecule has 1 amide bonds. The van der Waals surface area contributed by atoms with Gasteiger partial charge >= 0.3 is 0 Å². The highest BCUT2D eigenvalue weighted by atomic mass is 32.2. The number of morpholine rings is 2. The third kappa shape index (κ3) is 5.23. The minimum Gasteiger partial charge on any atom is -0.469 e. The second-order valence-corrected chi connectivity index (χ2v) is 8.38. The molecule has 0 aliphatic carbocycles. The Morgan fingerprint density at radius 3 is 2.50 bits per heavy atom. The summed E-state index contributed by atoms with van der Waals surface area (Å²) in [5, 5.41) is 9.60. The first-order chi connectivity index (χ1) is 14.7. The number of hydrogen-bond donors (Lipinski definition) is 0. The maximum atomic E-state index is 12.6. The number of furan rings is 1. The molecule has 0 saturated carbocycles. The molecule has 2 aromatic heterocycles. The molecule has 2 aromatic rings. The van der Waals surface area contributed by atoms with E-state index in [1.807, 2.05) is 17.9 Å². The molecular weight excluding hydrogens is 406 g/mol. The van der Waals surface area contributed by atoms with Crippen molar-refractivity contribution in [2.75, 3.05) is 64.9 Å². The van der Waals surface area contributed by atoms with Gasteiger partial charge in [-0.3, -0.25) is 9.69 Å². The monoisotopic (exact) mass is 435 g/mol. The van der Waals surface area contributed by atoms with Gasteiger partial charge in [0, 0.05) is 39.3 Å². The van der Waals surface area contributed by atoms with E-state index in [1.165, 1.54) is 11.8 Å². The zero-order valence-corrected chi connectivity index (χ0v) is 18.2. The summed E-state index contributed by atoms with van der Waals surface area (Å²) in [7, 11) is 0. The summed E-state index contributed by atoms with van der Waals surface area (Å²) in [4.78, 5) is 16.8. The fourth-order valence-corrected chi connectivity index (χ4v) is 4.59. The summed E-state index contributed by atoms with van der Waals surface area (Å²) in [6.07, 6.45) is 2.65. The van der Waals surface area contributed by atoms with Gasteiger partial charge in [-0.15, -0.1) is 10.2 Å². The van der Waals surface area contributed by atoms with Gasteiger partial charge in [0.1, 0.15) is 5.76 Å². The first kappa shape index (κ1) is 21.4. The largest absolute Gasteiger partial charge is 0.469 e. The van der Waals surface area contributed by atoms with Crippen LogP contribution < -0.4 is 0 Å². The Balaban J connectivity index is 1.43. The maximum absolute atomic E-state index is 12.6. The van der Waals surface area contributed by atoms with E-state index in [2.05, 4.69) is 19.7 Å². The topological polar surface area (TPSA) is 85.9 Å². The molecule has 2 aliphatic heterocycles. The molecule has 2 aliphatic rings. The summed E-state index contributed by atoms with van der Waals surface area (Å²) >= 11 is 1.45. The van der Waals surface area contributed by atoms with Gasteiger partial charge in [0.15, 0.2) is 11.0 Å². The van der Waals surface area contributed by atoms with E-state index in [1.54, 1.807) is 6.26 Å². The standard InChI is InChI=1S/C20H29N5O4S/c1-16-17(3-10-29-16)19-21-22-20(30-15-18(26)24-8-13-28-14-9-24)25(19)5-2-4-23-6-11-27-12-7-23/h3,10H,2,4-9,11-15H2,1H3. The highest BCUT2D eigenvalue weighted by molar-refractivity contribution is 7.99. The fourth-order valence-electron chi connectivity index (χ4n) is 3.72. The molecule has 9 nitrogen and oxygen atoms in total. The van der Waals surface area contributed by atoms with Crippen LogP contribution in [0.5, 0.6) is 0 Å². The van der Waals surface area contributed by atoms with Gasteiger partial charge in [-0.2, -0.15) is 0 Å². The quantitative estimate of drug-likeness (QED) is 0.577. The van der Waals surface area contributed by atoms with Gasteiger partial charge in [-0.25, -0.2) is 0 Å². The number of aromatic nitrogens is 3. The lowest BCUT2D eigenvalue weighted by Gasteiger charge is -2.27. The summed E-state index contributed by atoms with van der Waals surface area (Å²) in [5.74, 6) is 2.08. The second kappa shape index (κ2) is 10.4. The number of ether oxygens (including phenoxy) is 2. The first-order valence-corrected chi connectivity index (χ1v) is 11.5. The Bertz CT molecular complexity index is 827. The average molecular weight is 436 g/mol. The lowest BCUT2D eigenvalue weighted by atomic mass is 10.2. The molecule has 164 valence electrons. The zero-order valence-electron chi connectivity index (χ0n) is 17.4. The van der Waals surface area contributed by atoms with Gasteiger partial charge in [0.2, 0.25) is 5.91 Å². The molecule has 0 unspecified atom stereocenters. The molecular formula is C20H29N5O4S. The maximum Gasteiger partial charge on any atom is 0.233 e. The van der Waals surface area contributed by atoms with E-state index in [0.717, 1.165) is 68.1 Å². The van der Waals surface area contributed by atoms with Crippen LogP contribution in [-0.2, 0) is 20.8 Å². The van der Waals surface area contributed by atoms with Crippen LogP contribution in [0.3, 0.4) is 0 Å². The van der Waals surface area contributed by atoms with Crippen LogP contribution in [0.2, 0.25) is 0 Å². The van der Waals surface area contributed by atoms with Gasteiger partial charge in [-0.05, 0) is 19.4 Å². The number of nitrogens with zero attached hydrogens (tertiary/aromatic N) is 5. The molecule has 2 fully saturated rings. The van der Waals surface area contributed by atoms with Crippen molar-refractivity contribution >= 4 is 17.7 Å². The van der Waals surface area contributed by atoms with E-state index in [4.69, 9.17) is 13.9 Å². The van der Waals surface area contributed by atoms with Crippen LogP contribution in [-0.4, -0.2) is 95.4 Å². The minimum absolute atomic E-state index is 0.118. The Kier molecular flexibility index (Phi) is 7.42. The SMILES string of the molecule is Cc1occc1-c1nnc(SCC(=O)N2CCOCC2)n1CCCN1CCOCC1. The van der Waals surface area contributed by atoms with Gasteiger partial charge in [-0.1, -0.05) is 11.8 Å². The number of aryl methyl sites for hydroxylation is 1. The Morgan fingerprint density at radius 2 is 1.80 bits per heavy atom. The molecule has 0 radical (unpaired) electrons. The number of rotatable bonds is 8. The fraction of sp³-hybridized carbons (Fsp3) is 0.650. The molecule has 0 aromatic carbocycles. The van der Waals surface area contributed by atoms with E-state index in [9.17, 15) is 4.79 Å².